The summed E-state index contributed by atoms with van der Waals surface area (Å²) in [4.78, 5) is 13.8. The molecule has 0 heterocycles. The van der Waals surface area contributed by atoms with Gasteiger partial charge in [0, 0.05) is 13.6 Å². The van der Waals surface area contributed by atoms with Crippen LogP contribution < -0.4 is 10.5 Å². The van der Waals surface area contributed by atoms with Crippen molar-refractivity contribution in [1.29, 1.82) is 0 Å². The number of hydrogen-bond acceptors (Lipinski definition) is 3. The predicted octanol–water partition coefficient (Wildman–Crippen LogP) is 2.17. The summed E-state index contributed by atoms with van der Waals surface area (Å²) in [5.74, 6) is 0.796. The first kappa shape index (κ1) is 15.5. The Kier molecular flexibility index (Phi) is 6.36. The minimum Gasteiger partial charge on any atom is -0.497 e. The van der Waals surface area contributed by atoms with Gasteiger partial charge in [-0.1, -0.05) is 31.9 Å². The first-order valence-electron chi connectivity index (χ1n) is 6.72. The number of nitrogens with zero attached hydrogens (tertiary/aromatic N) is 1. The second kappa shape index (κ2) is 7.79. The van der Waals surface area contributed by atoms with Crippen LogP contribution in [0.5, 0.6) is 5.75 Å². The van der Waals surface area contributed by atoms with Gasteiger partial charge in [0.2, 0.25) is 5.91 Å². The second-order valence-electron chi connectivity index (χ2n) is 4.79. The van der Waals surface area contributed by atoms with E-state index >= 15 is 0 Å². The maximum Gasteiger partial charge on any atom is 0.239 e. The van der Waals surface area contributed by atoms with Crippen molar-refractivity contribution in [3.63, 3.8) is 0 Å². The highest BCUT2D eigenvalue weighted by Crippen LogP contribution is 2.14. The summed E-state index contributed by atoms with van der Waals surface area (Å²) < 4.78 is 5.17. The fourth-order valence-corrected chi connectivity index (χ4v) is 1.95. The number of ether oxygens (including phenoxy) is 1. The number of amides is 1. The monoisotopic (exact) mass is 264 g/mol. The Morgan fingerprint density at radius 1 is 1.47 bits per heavy atom. The number of hydrogen-bond donors (Lipinski definition) is 1. The fraction of sp³-hybridized carbons (Fsp3) is 0.533. The molecule has 0 aliphatic rings. The first-order valence-corrected chi connectivity index (χ1v) is 6.72. The van der Waals surface area contributed by atoms with Crippen molar-refractivity contribution in [1.82, 2.24) is 4.90 Å². The topological polar surface area (TPSA) is 55.6 Å². The van der Waals surface area contributed by atoms with Gasteiger partial charge in [0.25, 0.3) is 0 Å². The zero-order valence-electron chi connectivity index (χ0n) is 12.1. The Bertz CT molecular complexity index is 407. The van der Waals surface area contributed by atoms with Crippen LogP contribution in [0.25, 0.3) is 0 Å². The molecule has 2 N–H and O–H groups in total. The molecule has 0 fully saturated rings. The molecule has 0 aliphatic carbocycles. The van der Waals surface area contributed by atoms with Gasteiger partial charge in [-0.25, -0.2) is 0 Å². The van der Waals surface area contributed by atoms with Crippen LogP contribution >= 0.6 is 0 Å². The van der Waals surface area contributed by atoms with E-state index in [1.165, 1.54) is 0 Å². The lowest BCUT2D eigenvalue weighted by atomic mass is 10.1. The van der Waals surface area contributed by atoms with E-state index in [4.69, 9.17) is 10.5 Å². The van der Waals surface area contributed by atoms with Gasteiger partial charge in [0.1, 0.15) is 5.75 Å². The van der Waals surface area contributed by atoms with Gasteiger partial charge >= 0.3 is 0 Å². The van der Waals surface area contributed by atoms with E-state index in [2.05, 4.69) is 6.92 Å². The summed E-state index contributed by atoms with van der Waals surface area (Å²) in [7, 11) is 3.42. The van der Waals surface area contributed by atoms with Crippen molar-refractivity contribution in [2.24, 2.45) is 5.73 Å². The quantitative estimate of drug-likeness (QED) is 0.821. The smallest absolute Gasteiger partial charge is 0.239 e. The second-order valence-corrected chi connectivity index (χ2v) is 4.79. The minimum absolute atomic E-state index is 0.00345. The average Bonchev–Trinajstić information content (AvgIpc) is 2.43. The molecule has 1 aromatic carbocycles. The highest BCUT2D eigenvalue weighted by Gasteiger charge is 2.17. The van der Waals surface area contributed by atoms with Crippen molar-refractivity contribution >= 4 is 5.91 Å². The van der Waals surface area contributed by atoms with Crippen molar-refractivity contribution in [3.8, 4) is 5.75 Å². The molecule has 19 heavy (non-hydrogen) atoms. The molecule has 106 valence electrons. The Morgan fingerprint density at radius 2 is 2.21 bits per heavy atom. The fourth-order valence-electron chi connectivity index (χ4n) is 1.95. The number of likely N-dealkylation sites (N-methyl/N-ethyl adjacent to an activating group) is 1. The van der Waals surface area contributed by atoms with Crippen LogP contribution in [0.2, 0.25) is 0 Å². The molecule has 4 nitrogen and oxygen atoms in total. The zero-order chi connectivity index (χ0) is 14.3. The van der Waals surface area contributed by atoms with Gasteiger partial charge in [-0.3, -0.25) is 4.79 Å². The molecule has 1 amide bonds. The molecule has 0 aliphatic heterocycles. The minimum atomic E-state index is -0.393. The number of benzene rings is 1. The van der Waals surface area contributed by atoms with E-state index in [9.17, 15) is 4.79 Å². The molecule has 0 saturated heterocycles. The maximum atomic E-state index is 12.1. The van der Waals surface area contributed by atoms with Crippen LogP contribution in [-0.4, -0.2) is 31.0 Å². The molecule has 0 spiro atoms. The van der Waals surface area contributed by atoms with Crippen molar-refractivity contribution in [3.05, 3.63) is 29.8 Å². The Morgan fingerprint density at radius 3 is 2.84 bits per heavy atom. The number of carbonyl (C=O) groups is 1. The van der Waals surface area contributed by atoms with Crippen LogP contribution in [0.15, 0.2) is 24.3 Å². The van der Waals surface area contributed by atoms with E-state index in [0.717, 1.165) is 30.6 Å². The third kappa shape index (κ3) is 4.91. The van der Waals surface area contributed by atoms with E-state index in [-0.39, 0.29) is 5.91 Å². The summed E-state index contributed by atoms with van der Waals surface area (Å²) in [6.07, 6.45) is 2.79. The van der Waals surface area contributed by atoms with Crippen LogP contribution in [0.1, 0.15) is 31.7 Å². The van der Waals surface area contributed by atoms with Gasteiger partial charge in [-0.2, -0.15) is 0 Å². The molecule has 1 rings (SSSR count). The van der Waals surface area contributed by atoms with E-state index in [0.29, 0.717) is 6.54 Å². The summed E-state index contributed by atoms with van der Waals surface area (Å²) in [5, 5.41) is 0. The van der Waals surface area contributed by atoms with Crippen LogP contribution in [0.3, 0.4) is 0 Å². The van der Waals surface area contributed by atoms with Gasteiger partial charge in [-0.15, -0.1) is 0 Å². The zero-order valence-corrected chi connectivity index (χ0v) is 12.1. The molecule has 0 bridgehead atoms. The van der Waals surface area contributed by atoms with Gasteiger partial charge < -0.3 is 15.4 Å². The first-order chi connectivity index (χ1) is 9.08. The highest BCUT2D eigenvalue weighted by molar-refractivity contribution is 5.81. The number of methoxy groups -OCH3 is 1. The van der Waals surface area contributed by atoms with Gasteiger partial charge in [0.05, 0.1) is 13.2 Å². The molecule has 1 atom stereocenters. The van der Waals surface area contributed by atoms with E-state index in [1.54, 1.807) is 19.1 Å². The number of nitrogens with two attached hydrogens (primary N) is 1. The summed E-state index contributed by atoms with van der Waals surface area (Å²) in [6, 6.07) is 7.32. The Hall–Kier alpha value is -1.55. The van der Waals surface area contributed by atoms with Crippen molar-refractivity contribution in [2.75, 3.05) is 14.2 Å². The number of carbonyl (C=O) groups excluding carboxylic acids is 1. The predicted molar refractivity (Wildman–Crippen MR) is 77.0 cm³/mol. The molecule has 1 aromatic rings. The molecule has 1 unspecified atom stereocenters. The molecular formula is C15H24N2O2. The lowest BCUT2D eigenvalue weighted by Gasteiger charge is -2.21. The van der Waals surface area contributed by atoms with Crippen LogP contribution in [0, 0.1) is 0 Å². The SMILES string of the molecule is CCCCC(N)C(=O)N(C)Cc1cccc(OC)c1. The molecule has 0 aromatic heterocycles. The van der Waals surface area contributed by atoms with Gasteiger partial charge in [-0.05, 0) is 24.1 Å². The van der Waals surface area contributed by atoms with Crippen LogP contribution in [0.4, 0.5) is 0 Å². The molecule has 4 heteroatoms. The normalized spacial score (nSPS) is 12.0. The lowest BCUT2D eigenvalue weighted by molar-refractivity contribution is -0.132. The highest BCUT2D eigenvalue weighted by atomic mass is 16.5. The van der Waals surface area contributed by atoms with Crippen molar-refractivity contribution < 1.29 is 9.53 Å². The maximum absolute atomic E-state index is 12.1. The number of rotatable bonds is 7. The third-order valence-electron chi connectivity index (χ3n) is 3.12. The van der Waals surface area contributed by atoms with Gasteiger partial charge in [0.15, 0.2) is 0 Å². The van der Waals surface area contributed by atoms with Crippen LogP contribution in [-0.2, 0) is 11.3 Å². The number of unbranched alkanes of at least 4 members (excludes halogenated alkanes) is 1. The third-order valence-corrected chi connectivity index (χ3v) is 3.12. The Labute approximate surface area is 115 Å². The standard InChI is InChI=1S/C15H24N2O2/c1-4-5-9-14(16)15(18)17(2)11-12-7-6-8-13(10-12)19-3/h6-8,10,14H,4-5,9,11,16H2,1-3H3. The Balaban J connectivity index is 2.57. The summed E-state index contributed by atoms with van der Waals surface area (Å²) in [6.45, 7) is 2.65. The molecule has 0 saturated carbocycles. The van der Waals surface area contributed by atoms with Crippen molar-refractivity contribution in [2.45, 2.75) is 38.8 Å². The summed E-state index contributed by atoms with van der Waals surface area (Å²) in [5.41, 5.74) is 6.94. The van der Waals surface area contributed by atoms with E-state index < -0.39 is 6.04 Å². The molecular weight excluding hydrogens is 240 g/mol. The molecule has 0 radical (unpaired) electrons. The average molecular weight is 264 g/mol. The lowest BCUT2D eigenvalue weighted by Crippen LogP contribution is -2.41. The van der Waals surface area contributed by atoms with E-state index in [1.807, 2.05) is 24.3 Å². The largest absolute Gasteiger partial charge is 0.497 e. The summed E-state index contributed by atoms with van der Waals surface area (Å²) >= 11 is 0.